The number of rotatable bonds is 7. The first-order valence-electron chi connectivity index (χ1n) is 17.8. The van der Waals surface area contributed by atoms with Crippen LogP contribution < -0.4 is 27.6 Å². The van der Waals surface area contributed by atoms with Crippen molar-refractivity contribution in [2.24, 2.45) is 10.7 Å². The summed E-state index contributed by atoms with van der Waals surface area (Å²) >= 11 is 33.7. The van der Waals surface area contributed by atoms with Crippen molar-refractivity contribution in [3.05, 3.63) is 187 Å². The lowest BCUT2D eigenvalue weighted by Crippen LogP contribution is -2.61. The Morgan fingerprint density at radius 3 is 1.33 bits per heavy atom. The fraction of sp³-hybridized carbons (Fsp3) is 0.0500. The Labute approximate surface area is 397 Å². The Bertz CT molecular complexity index is 2200. The molecule has 2 aliphatic heterocycles. The number of hydrogen-bond donors (Lipinski definition) is 3. The molecule has 0 amide bonds. The molecule has 1 atom stereocenters. The van der Waals surface area contributed by atoms with E-state index in [1.54, 1.807) is 60.7 Å². The largest absolute Gasteiger partial charge is 0.488 e. The maximum Gasteiger partial charge on any atom is 0.488 e. The first kappa shape index (κ1) is 48.4. The van der Waals surface area contributed by atoms with Gasteiger partial charge < -0.3 is 34.2 Å². The van der Waals surface area contributed by atoms with Gasteiger partial charge in [-0.2, -0.15) is 0 Å². The lowest BCUT2D eigenvalue weighted by Gasteiger charge is -2.31. The van der Waals surface area contributed by atoms with Crippen molar-refractivity contribution < 1.29 is 33.3 Å². The summed E-state index contributed by atoms with van der Waals surface area (Å²) in [4.78, 5) is 15.2. The van der Waals surface area contributed by atoms with Gasteiger partial charge in [-0.3, -0.25) is 0 Å². The topological polar surface area (TPSA) is 133 Å². The van der Waals surface area contributed by atoms with Crippen LogP contribution in [0.4, 0.5) is 0 Å². The standard InChI is InChI=1S/C18H12B3Cl3O3.C16H13ClN2O2.C6H6BClO2.I2/c22-16-7-1-13(2-8-16)19-25-20(14-3-9-17(23)10-4-14)27-21(26-19)15-5-11-18(24)12-6-15;17-13-6-4-10(5-7-13)15(18)11-2-1-3-12(8-11)16-19-9-14(20)21-16;8-6-3-1-5(2-4-6)7(9)10;1-2/h1-12H;1-8,15H,9,18H2;1-4,9-10H;/t;15-;;/m.0../s1. The van der Waals surface area contributed by atoms with E-state index in [0.29, 0.717) is 36.5 Å². The number of nitrogens with two attached hydrogens (primary N) is 1. The molecule has 6 aromatic carbocycles. The van der Waals surface area contributed by atoms with Crippen LogP contribution in [0.25, 0.3) is 0 Å². The molecular weight excluding hydrogens is 1090 g/mol. The van der Waals surface area contributed by atoms with Gasteiger partial charge in [0.2, 0.25) is 5.90 Å². The number of cyclic esters (lactones) is 1. The van der Waals surface area contributed by atoms with Crippen molar-refractivity contribution in [3.8, 4) is 0 Å². The molecule has 0 bridgehead atoms. The van der Waals surface area contributed by atoms with E-state index in [1.807, 2.05) is 84.9 Å². The monoisotopic (exact) mass is 1120 g/mol. The number of hydrogen-bond acceptors (Lipinski definition) is 9. The van der Waals surface area contributed by atoms with Crippen LogP contribution in [0.15, 0.2) is 151 Å². The number of halogens is 7. The van der Waals surface area contributed by atoms with Gasteiger partial charge in [-0.1, -0.05) is 131 Å². The molecule has 60 heavy (non-hydrogen) atoms. The smallest absolute Gasteiger partial charge is 0.445 e. The van der Waals surface area contributed by atoms with Gasteiger partial charge in [0.05, 0.1) is 6.04 Å². The normalized spacial score (nSPS) is 13.7. The summed E-state index contributed by atoms with van der Waals surface area (Å²) in [5.41, 5.74) is 11.9. The predicted molar refractivity (Wildman–Crippen MR) is 265 cm³/mol. The molecule has 2 heterocycles. The van der Waals surface area contributed by atoms with Crippen LogP contribution in [0, 0.1) is 0 Å². The average Bonchev–Trinajstić information content (AvgIpc) is 3.72. The minimum absolute atomic E-state index is 0.0722. The Hall–Kier alpha value is -2.61. The van der Waals surface area contributed by atoms with E-state index in [9.17, 15) is 4.79 Å². The van der Waals surface area contributed by atoms with E-state index < -0.39 is 28.5 Å². The van der Waals surface area contributed by atoms with E-state index >= 15 is 0 Å². The van der Waals surface area contributed by atoms with Crippen molar-refractivity contribution in [2.75, 3.05) is 6.54 Å². The molecule has 20 heteroatoms. The lowest BCUT2D eigenvalue weighted by molar-refractivity contribution is -0.132. The highest BCUT2D eigenvalue weighted by Gasteiger charge is 2.43. The van der Waals surface area contributed by atoms with Gasteiger partial charge in [-0.25, -0.2) is 9.79 Å². The predicted octanol–water partition coefficient (Wildman–Crippen LogP) is 7.68. The summed E-state index contributed by atoms with van der Waals surface area (Å²) in [5.74, 6) is 0.0163. The van der Waals surface area contributed by atoms with Crippen molar-refractivity contribution >= 4 is 157 Å². The van der Waals surface area contributed by atoms with Crippen LogP contribution in [0.5, 0.6) is 0 Å². The second kappa shape index (κ2) is 24.3. The molecule has 0 saturated carbocycles. The summed E-state index contributed by atoms with van der Waals surface area (Å²) in [7, 11) is -3.25. The first-order valence-corrected chi connectivity index (χ1v) is 25.9. The first-order chi connectivity index (χ1) is 28.9. The molecule has 1 fully saturated rings. The third-order valence-electron chi connectivity index (χ3n) is 8.62. The van der Waals surface area contributed by atoms with E-state index in [0.717, 1.165) is 33.1 Å². The number of aliphatic imine (C=N–C) groups is 1. The highest BCUT2D eigenvalue weighted by molar-refractivity contribution is 15.0. The molecule has 304 valence electrons. The van der Waals surface area contributed by atoms with Gasteiger partial charge in [0.1, 0.15) is 6.54 Å². The van der Waals surface area contributed by atoms with Crippen LogP contribution in [0.3, 0.4) is 0 Å². The van der Waals surface area contributed by atoms with Crippen molar-refractivity contribution in [2.45, 2.75) is 6.04 Å². The SMILES string of the molecule is Clc1ccc(B2OB(c3ccc(Cl)cc3)OB(c3ccc(Cl)cc3)O2)cc1.II.N[C@@H](c1ccc(Cl)cc1)c1cccc(C2=NCC(=O)O2)c1.OB(O)c1ccc(Cl)cc1. The van der Waals surface area contributed by atoms with E-state index in [1.165, 1.54) is 0 Å². The van der Waals surface area contributed by atoms with Crippen LogP contribution in [0.2, 0.25) is 25.1 Å². The van der Waals surface area contributed by atoms with Crippen molar-refractivity contribution in [1.29, 1.82) is 0 Å². The molecule has 4 N–H and O–H groups in total. The molecule has 0 unspecified atom stereocenters. The van der Waals surface area contributed by atoms with Gasteiger partial charge in [-0.15, -0.1) is 0 Å². The third kappa shape index (κ3) is 14.5. The second-order valence-electron chi connectivity index (χ2n) is 12.7. The maximum absolute atomic E-state index is 11.1. The quantitative estimate of drug-likeness (QED) is 0.0844. The molecule has 0 spiro atoms. The number of esters is 1. The third-order valence-corrected chi connectivity index (χ3v) is 9.88. The summed E-state index contributed by atoms with van der Waals surface area (Å²) in [5, 5.41) is 20.5. The molecule has 6 aromatic rings. The van der Waals surface area contributed by atoms with E-state index in [-0.39, 0.29) is 18.6 Å². The fourth-order valence-electron chi connectivity index (χ4n) is 5.59. The molecule has 0 aliphatic carbocycles. The second-order valence-corrected chi connectivity index (χ2v) is 14.9. The Balaban J connectivity index is 0.000000183. The highest BCUT2D eigenvalue weighted by Crippen LogP contribution is 2.23. The van der Waals surface area contributed by atoms with Gasteiger partial charge in [-0.05, 0) is 106 Å². The zero-order valence-corrected chi connectivity index (χ0v) is 39.2. The van der Waals surface area contributed by atoms with Crippen LogP contribution >= 0.6 is 95.2 Å². The molecule has 8 rings (SSSR count). The number of benzene rings is 6. The van der Waals surface area contributed by atoms with Crippen molar-refractivity contribution in [3.63, 3.8) is 0 Å². The summed E-state index contributed by atoms with van der Waals surface area (Å²) < 4.78 is 23.2. The number of nitrogens with zero attached hydrogens (tertiary/aromatic N) is 1. The number of carbonyl (C=O) groups excluding carboxylic acids is 1. The van der Waals surface area contributed by atoms with Gasteiger partial charge in [0.15, 0.2) is 0 Å². The number of carbonyl (C=O) groups is 1. The summed E-state index contributed by atoms with van der Waals surface area (Å²) in [6.45, 7) is 0.0722. The van der Waals surface area contributed by atoms with E-state index in [4.69, 9.17) is 92.2 Å². The zero-order chi connectivity index (χ0) is 43.2. The van der Waals surface area contributed by atoms with Gasteiger partial charge in [0.25, 0.3) is 0 Å². The Morgan fingerprint density at radius 2 is 0.967 bits per heavy atom. The zero-order valence-electron chi connectivity index (χ0n) is 31.1. The lowest BCUT2D eigenvalue weighted by atomic mass is 9.61. The average molecular weight is 1130 g/mol. The Kier molecular flexibility index (Phi) is 19.6. The molecule has 2 aliphatic rings. The molecular formula is C40H31B4Cl5I2N2O7. The Morgan fingerprint density at radius 1 is 0.583 bits per heavy atom. The number of ether oxygens (including phenoxy) is 1. The van der Waals surface area contributed by atoms with Gasteiger partial charge in [0, 0.05) is 67.9 Å². The minimum Gasteiger partial charge on any atom is -0.445 e. The molecule has 1 saturated heterocycles. The highest BCUT2D eigenvalue weighted by atomic mass is 128. The molecule has 0 radical (unpaired) electrons. The molecule has 0 aromatic heterocycles. The van der Waals surface area contributed by atoms with Crippen LogP contribution in [0.1, 0.15) is 22.7 Å². The maximum atomic E-state index is 11.1. The summed E-state index contributed by atoms with van der Waals surface area (Å²) in [6, 6.07) is 43.0. The van der Waals surface area contributed by atoms with Crippen LogP contribution in [-0.2, 0) is 23.2 Å². The van der Waals surface area contributed by atoms with E-state index in [2.05, 4.69) is 42.2 Å². The van der Waals surface area contributed by atoms with Gasteiger partial charge >= 0.3 is 34.4 Å². The van der Waals surface area contributed by atoms with Crippen molar-refractivity contribution in [1.82, 2.24) is 0 Å². The fourth-order valence-corrected chi connectivity index (χ4v) is 6.22. The minimum atomic E-state index is -1.41. The van der Waals surface area contributed by atoms with Crippen LogP contribution in [-0.4, -0.2) is 56.9 Å². The molecule has 9 nitrogen and oxygen atoms in total. The summed E-state index contributed by atoms with van der Waals surface area (Å²) in [6.07, 6.45) is 0.